The Hall–Kier alpha value is -3.20. The highest BCUT2D eigenvalue weighted by molar-refractivity contribution is 7.13. The average molecular weight is 354 g/mol. The lowest BCUT2D eigenvalue weighted by Gasteiger charge is -1.99. The Bertz CT molecular complexity index is 963. The summed E-state index contributed by atoms with van der Waals surface area (Å²) in [5.41, 5.74) is 0.816. The molecule has 0 bridgehead atoms. The van der Waals surface area contributed by atoms with Gasteiger partial charge in [-0.2, -0.15) is 10.1 Å². The fraction of sp³-hybridized carbons (Fsp3) is 0.125. The lowest BCUT2D eigenvalue weighted by molar-refractivity contribution is 0.414. The maximum Gasteiger partial charge on any atom is 0.322 e. The van der Waals surface area contributed by atoms with Crippen molar-refractivity contribution >= 4 is 17.4 Å². The van der Waals surface area contributed by atoms with Gasteiger partial charge in [0, 0.05) is 5.56 Å². The zero-order valence-electron chi connectivity index (χ0n) is 13.3. The quantitative estimate of drug-likeness (QED) is 0.548. The number of ether oxygens (including phenoxy) is 1. The van der Waals surface area contributed by atoms with Crippen LogP contribution in [0.15, 0.2) is 46.3 Å². The molecule has 0 aliphatic carbocycles. The number of nitrogens with one attached hydrogen (secondary N) is 2. The van der Waals surface area contributed by atoms with Crippen LogP contribution in [0.4, 0.5) is 6.01 Å². The minimum atomic E-state index is 0.312. The molecule has 1 aromatic carbocycles. The van der Waals surface area contributed by atoms with Crippen molar-refractivity contribution in [3.05, 3.63) is 47.6 Å². The topological polar surface area (TPSA) is 102 Å². The molecule has 0 radical (unpaired) electrons. The fourth-order valence-electron chi connectivity index (χ4n) is 2.22. The standard InChI is InChI=1S/C16H14N6O2S/c1-23-11-5-2-4-10(8-11)14-19-16(24-22-14)17-9-13-18-15(21-20-13)12-6-3-7-25-12/h2-8H,9H2,1H3,(H,17,19,22)(H,18,20,21). The van der Waals surface area contributed by atoms with Crippen LogP contribution in [0, 0.1) is 0 Å². The third-order valence-electron chi connectivity index (χ3n) is 3.43. The third-order valence-corrected chi connectivity index (χ3v) is 4.30. The Morgan fingerprint density at radius 2 is 2.16 bits per heavy atom. The average Bonchev–Trinajstić information content (AvgIpc) is 3.41. The van der Waals surface area contributed by atoms with Gasteiger partial charge in [-0.05, 0) is 23.6 Å². The lowest BCUT2D eigenvalue weighted by Crippen LogP contribution is -2.01. The molecular weight excluding hydrogens is 340 g/mol. The van der Waals surface area contributed by atoms with Gasteiger partial charge in [0.25, 0.3) is 0 Å². The van der Waals surface area contributed by atoms with Crippen molar-refractivity contribution in [1.29, 1.82) is 0 Å². The Labute approximate surface area is 146 Å². The second kappa shape index (κ2) is 6.73. The lowest BCUT2D eigenvalue weighted by atomic mass is 10.2. The second-order valence-electron chi connectivity index (χ2n) is 5.09. The van der Waals surface area contributed by atoms with Crippen LogP contribution in [0.2, 0.25) is 0 Å². The smallest absolute Gasteiger partial charge is 0.322 e. The van der Waals surface area contributed by atoms with E-state index >= 15 is 0 Å². The van der Waals surface area contributed by atoms with Crippen LogP contribution in [0.25, 0.3) is 22.1 Å². The SMILES string of the molecule is COc1cccc(-c2noc(NCc3nc(-c4cccs4)n[nH]3)n2)c1. The summed E-state index contributed by atoms with van der Waals surface area (Å²) in [7, 11) is 1.62. The van der Waals surface area contributed by atoms with E-state index in [1.165, 1.54) is 0 Å². The molecule has 4 rings (SSSR count). The molecule has 0 amide bonds. The number of aromatic amines is 1. The highest BCUT2D eigenvalue weighted by atomic mass is 32.1. The van der Waals surface area contributed by atoms with Crippen molar-refractivity contribution in [3.8, 4) is 27.8 Å². The Balaban J connectivity index is 1.43. The molecule has 4 aromatic rings. The highest BCUT2D eigenvalue weighted by Crippen LogP contribution is 2.23. The number of hydrogen-bond donors (Lipinski definition) is 2. The van der Waals surface area contributed by atoms with Gasteiger partial charge in [-0.25, -0.2) is 4.98 Å². The van der Waals surface area contributed by atoms with Gasteiger partial charge in [-0.3, -0.25) is 5.10 Å². The van der Waals surface area contributed by atoms with Crippen LogP contribution in [-0.4, -0.2) is 32.4 Å². The van der Waals surface area contributed by atoms with Crippen LogP contribution in [0.3, 0.4) is 0 Å². The van der Waals surface area contributed by atoms with E-state index in [9.17, 15) is 0 Å². The first kappa shape index (κ1) is 15.3. The predicted octanol–water partition coefficient (Wildman–Crippen LogP) is 3.20. The van der Waals surface area contributed by atoms with Crippen LogP contribution >= 0.6 is 11.3 Å². The van der Waals surface area contributed by atoms with E-state index in [-0.39, 0.29) is 0 Å². The molecule has 0 unspecified atom stereocenters. The molecule has 3 heterocycles. The van der Waals surface area contributed by atoms with E-state index in [4.69, 9.17) is 9.26 Å². The first-order valence-electron chi connectivity index (χ1n) is 7.49. The molecule has 9 heteroatoms. The van der Waals surface area contributed by atoms with E-state index < -0.39 is 0 Å². The monoisotopic (exact) mass is 354 g/mol. The van der Waals surface area contributed by atoms with Gasteiger partial charge in [0.05, 0.1) is 18.5 Å². The number of benzene rings is 1. The molecule has 2 N–H and O–H groups in total. The van der Waals surface area contributed by atoms with Gasteiger partial charge < -0.3 is 14.6 Å². The number of rotatable bonds is 6. The molecule has 0 fully saturated rings. The predicted molar refractivity (Wildman–Crippen MR) is 93.3 cm³/mol. The van der Waals surface area contributed by atoms with Crippen molar-refractivity contribution in [2.75, 3.05) is 12.4 Å². The van der Waals surface area contributed by atoms with Gasteiger partial charge in [0.1, 0.15) is 11.6 Å². The van der Waals surface area contributed by atoms with Gasteiger partial charge in [0.2, 0.25) is 5.82 Å². The molecule has 0 atom stereocenters. The number of hydrogen-bond acceptors (Lipinski definition) is 8. The number of methoxy groups -OCH3 is 1. The van der Waals surface area contributed by atoms with Gasteiger partial charge >= 0.3 is 6.01 Å². The van der Waals surface area contributed by atoms with Crippen LogP contribution in [0.5, 0.6) is 5.75 Å². The zero-order valence-corrected chi connectivity index (χ0v) is 14.1. The summed E-state index contributed by atoms with van der Waals surface area (Å²) in [6, 6.07) is 11.7. The first-order chi connectivity index (χ1) is 12.3. The summed E-state index contributed by atoms with van der Waals surface area (Å²) >= 11 is 1.59. The van der Waals surface area contributed by atoms with Crippen LogP contribution < -0.4 is 10.1 Å². The molecule has 0 aliphatic heterocycles. The maximum atomic E-state index is 5.22. The van der Waals surface area contributed by atoms with E-state index in [1.54, 1.807) is 18.4 Å². The van der Waals surface area contributed by atoms with Crippen LogP contribution in [0.1, 0.15) is 5.82 Å². The summed E-state index contributed by atoms with van der Waals surface area (Å²) in [6.45, 7) is 0.401. The molecule has 3 aromatic heterocycles. The number of aromatic nitrogens is 5. The Kier molecular flexibility index (Phi) is 4.13. The highest BCUT2D eigenvalue weighted by Gasteiger charge is 2.11. The Morgan fingerprint density at radius 3 is 3.00 bits per heavy atom. The van der Waals surface area contributed by atoms with Crippen molar-refractivity contribution in [2.24, 2.45) is 0 Å². The summed E-state index contributed by atoms with van der Waals surface area (Å²) < 4.78 is 10.4. The van der Waals surface area contributed by atoms with Gasteiger partial charge in [-0.1, -0.05) is 23.4 Å². The van der Waals surface area contributed by atoms with E-state index in [2.05, 4.69) is 30.6 Å². The molecule has 0 saturated carbocycles. The summed E-state index contributed by atoms with van der Waals surface area (Å²) in [5.74, 6) is 2.58. The van der Waals surface area contributed by atoms with Crippen molar-refractivity contribution < 1.29 is 9.26 Å². The minimum Gasteiger partial charge on any atom is -0.497 e. The second-order valence-corrected chi connectivity index (χ2v) is 6.04. The number of thiophene rings is 1. The molecule has 0 aliphatic rings. The molecule has 126 valence electrons. The number of H-pyrrole nitrogens is 1. The zero-order chi connectivity index (χ0) is 17.1. The molecule has 25 heavy (non-hydrogen) atoms. The summed E-state index contributed by atoms with van der Waals surface area (Å²) in [6.07, 6.45) is 0. The molecule has 0 saturated heterocycles. The van der Waals surface area contributed by atoms with E-state index in [1.807, 2.05) is 41.8 Å². The van der Waals surface area contributed by atoms with Crippen molar-refractivity contribution in [2.45, 2.75) is 6.54 Å². The molecular formula is C16H14N6O2S. The molecule has 8 nitrogen and oxygen atoms in total. The van der Waals surface area contributed by atoms with Crippen molar-refractivity contribution in [1.82, 2.24) is 25.3 Å². The first-order valence-corrected chi connectivity index (χ1v) is 8.37. The minimum absolute atomic E-state index is 0.312. The molecule has 0 spiro atoms. The fourth-order valence-corrected chi connectivity index (χ4v) is 2.88. The third kappa shape index (κ3) is 3.36. The Morgan fingerprint density at radius 1 is 1.20 bits per heavy atom. The summed E-state index contributed by atoms with van der Waals surface area (Å²) in [5, 5.41) is 16.1. The maximum absolute atomic E-state index is 5.22. The normalized spacial score (nSPS) is 10.8. The van der Waals surface area contributed by atoms with Crippen molar-refractivity contribution in [3.63, 3.8) is 0 Å². The largest absolute Gasteiger partial charge is 0.497 e. The van der Waals surface area contributed by atoms with Gasteiger partial charge in [-0.15, -0.1) is 11.3 Å². The summed E-state index contributed by atoms with van der Waals surface area (Å²) in [4.78, 5) is 9.77. The van der Waals surface area contributed by atoms with E-state index in [0.29, 0.717) is 30.0 Å². The van der Waals surface area contributed by atoms with Gasteiger partial charge in [0.15, 0.2) is 5.82 Å². The van der Waals surface area contributed by atoms with E-state index in [0.717, 1.165) is 16.2 Å². The van der Waals surface area contributed by atoms with Crippen LogP contribution in [-0.2, 0) is 6.54 Å². The number of nitrogens with zero attached hydrogens (tertiary/aromatic N) is 4. The number of anilines is 1.